The molecule has 0 spiro atoms. The number of nitrogens with one attached hydrogen (secondary N) is 2. The lowest BCUT2D eigenvalue weighted by molar-refractivity contribution is -0.108. The molecule has 0 unspecified atom stereocenters. The third-order valence-electron chi connectivity index (χ3n) is 1.05. The minimum absolute atomic E-state index is 0.673. The molecule has 0 saturated heterocycles. The van der Waals surface area contributed by atoms with Gasteiger partial charge >= 0.3 is 0 Å². The maximum Gasteiger partial charge on any atom is 0.211 e. The predicted molar refractivity (Wildman–Crippen MR) is 34.2 cm³/mol. The smallest absolute Gasteiger partial charge is 0.211 e. The van der Waals surface area contributed by atoms with Crippen LogP contribution in [0.15, 0.2) is 24.2 Å². The second-order valence-corrected chi connectivity index (χ2v) is 1.70. The van der Waals surface area contributed by atoms with E-state index in [1.165, 1.54) is 0 Å². The topological polar surface area (TPSA) is 41.1 Å². The van der Waals surface area contributed by atoms with Gasteiger partial charge in [0.05, 0.1) is 0 Å². The first-order chi connectivity index (χ1) is 4.43. The second kappa shape index (κ2) is 2.91. The molecule has 0 saturated carbocycles. The third kappa shape index (κ3) is 1.60. The Balaban J connectivity index is 2.40. The van der Waals surface area contributed by atoms with Gasteiger partial charge in [0.2, 0.25) is 6.41 Å². The van der Waals surface area contributed by atoms with Crippen LogP contribution in [0.25, 0.3) is 0 Å². The van der Waals surface area contributed by atoms with Gasteiger partial charge in [-0.3, -0.25) is 4.79 Å². The van der Waals surface area contributed by atoms with E-state index in [0.29, 0.717) is 6.41 Å². The van der Waals surface area contributed by atoms with Crippen molar-refractivity contribution in [3.8, 4) is 0 Å². The zero-order chi connectivity index (χ0) is 6.53. The monoisotopic (exact) mass is 124 g/mol. The summed E-state index contributed by atoms with van der Waals surface area (Å²) in [5, 5.41) is 5.41. The van der Waals surface area contributed by atoms with Crippen LogP contribution in [0.1, 0.15) is 6.42 Å². The predicted octanol–water partition coefficient (Wildman–Crippen LogP) is 0.0808. The highest BCUT2D eigenvalue weighted by Gasteiger charge is 1.93. The van der Waals surface area contributed by atoms with E-state index in [-0.39, 0.29) is 0 Å². The number of allylic oxidation sites excluding steroid dienone is 1. The second-order valence-electron chi connectivity index (χ2n) is 1.70. The summed E-state index contributed by atoms with van der Waals surface area (Å²) >= 11 is 0. The molecule has 1 amide bonds. The lowest BCUT2D eigenvalue weighted by atomic mass is 10.3. The Morgan fingerprint density at radius 1 is 1.78 bits per heavy atom. The van der Waals surface area contributed by atoms with E-state index in [9.17, 15) is 4.79 Å². The van der Waals surface area contributed by atoms with Gasteiger partial charge in [0, 0.05) is 18.3 Å². The largest absolute Gasteiger partial charge is 0.366 e. The van der Waals surface area contributed by atoms with E-state index in [1.54, 1.807) is 6.20 Å². The summed E-state index contributed by atoms with van der Waals surface area (Å²) in [5.41, 5.74) is 0.896. The van der Waals surface area contributed by atoms with Crippen molar-refractivity contribution in [1.29, 1.82) is 0 Å². The van der Waals surface area contributed by atoms with Gasteiger partial charge in [-0.2, -0.15) is 0 Å². The third-order valence-corrected chi connectivity index (χ3v) is 1.05. The van der Waals surface area contributed by atoms with E-state index in [1.807, 2.05) is 12.3 Å². The van der Waals surface area contributed by atoms with Crippen molar-refractivity contribution < 1.29 is 4.79 Å². The average Bonchev–Trinajstić information content (AvgIpc) is 1.91. The van der Waals surface area contributed by atoms with Crippen molar-refractivity contribution in [3.05, 3.63) is 24.2 Å². The Kier molecular flexibility index (Phi) is 1.90. The minimum Gasteiger partial charge on any atom is -0.366 e. The summed E-state index contributed by atoms with van der Waals surface area (Å²) in [6.45, 7) is 0. The number of amides is 1. The first kappa shape index (κ1) is 5.88. The molecule has 0 aromatic rings. The molecule has 0 aromatic heterocycles. The molecule has 1 rings (SSSR count). The van der Waals surface area contributed by atoms with Crippen LogP contribution >= 0.6 is 0 Å². The van der Waals surface area contributed by atoms with E-state index in [4.69, 9.17) is 0 Å². The summed E-state index contributed by atoms with van der Waals surface area (Å²) in [4.78, 5) is 9.87. The van der Waals surface area contributed by atoms with Gasteiger partial charge in [-0.1, -0.05) is 6.08 Å². The van der Waals surface area contributed by atoms with Crippen molar-refractivity contribution in [2.75, 3.05) is 0 Å². The summed E-state index contributed by atoms with van der Waals surface area (Å²) in [6, 6.07) is 0. The normalized spacial score (nSPS) is 15.8. The van der Waals surface area contributed by atoms with Crippen LogP contribution in [0, 0.1) is 0 Å². The van der Waals surface area contributed by atoms with Crippen molar-refractivity contribution in [3.63, 3.8) is 0 Å². The minimum atomic E-state index is 0.673. The lowest BCUT2D eigenvalue weighted by Crippen LogP contribution is -2.14. The first-order valence-corrected chi connectivity index (χ1v) is 2.74. The number of hydrogen-bond acceptors (Lipinski definition) is 2. The van der Waals surface area contributed by atoms with Crippen LogP contribution in [0.2, 0.25) is 0 Å². The Bertz CT molecular complexity index is 156. The molecule has 3 heteroatoms. The fraction of sp³-hybridized carbons (Fsp3) is 0.167. The number of carbonyl (C=O) groups excluding carboxylic acids is 1. The summed E-state index contributed by atoms with van der Waals surface area (Å²) in [7, 11) is 0. The summed E-state index contributed by atoms with van der Waals surface area (Å²) < 4.78 is 0. The molecule has 0 radical (unpaired) electrons. The van der Waals surface area contributed by atoms with Crippen LogP contribution in [-0.4, -0.2) is 6.41 Å². The van der Waals surface area contributed by atoms with Crippen LogP contribution in [0.4, 0.5) is 0 Å². The molecule has 0 atom stereocenters. The van der Waals surface area contributed by atoms with Gasteiger partial charge in [0.1, 0.15) is 0 Å². The fourth-order valence-electron chi connectivity index (χ4n) is 0.638. The van der Waals surface area contributed by atoms with Crippen molar-refractivity contribution in [2.45, 2.75) is 6.42 Å². The zero-order valence-electron chi connectivity index (χ0n) is 4.92. The maximum absolute atomic E-state index is 9.87. The van der Waals surface area contributed by atoms with E-state index in [2.05, 4.69) is 10.6 Å². The fourth-order valence-corrected chi connectivity index (χ4v) is 0.638. The Morgan fingerprint density at radius 3 is 3.22 bits per heavy atom. The molecule has 2 N–H and O–H groups in total. The molecular formula is C6H8N2O. The molecule has 3 nitrogen and oxygen atoms in total. The quantitative estimate of drug-likeness (QED) is 0.512. The van der Waals surface area contributed by atoms with Crippen molar-refractivity contribution in [2.24, 2.45) is 0 Å². The highest BCUT2D eigenvalue weighted by Crippen LogP contribution is 1.98. The first-order valence-electron chi connectivity index (χ1n) is 2.74. The summed E-state index contributed by atoms with van der Waals surface area (Å²) in [5.74, 6) is 0. The van der Waals surface area contributed by atoms with Crippen LogP contribution in [-0.2, 0) is 4.79 Å². The zero-order valence-corrected chi connectivity index (χ0v) is 4.92. The van der Waals surface area contributed by atoms with Crippen LogP contribution in [0.5, 0.6) is 0 Å². The highest BCUT2D eigenvalue weighted by atomic mass is 16.1. The van der Waals surface area contributed by atoms with Gasteiger partial charge in [-0.15, -0.1) is 0 Å². The van der Waals surface area contributed by atoms with Gasteiger partial charge < -0.3 is 10.6 Å². The molecule has 0 fully saturated rings. The van der Waals surface area contributed by atoms with Crippen LogP contribution < -0.4 is 10.6 Å². The van der Waals surface area contributed by atoms with Crippen LogP contribution in [0.3, 0.4) is 0 Å². The molecule has 1 aliphatic rings. The molecule has 1 aliphatic heterocycles. The summed E-state index contributed by atoms with van der Waals surface area (Å²) in [6.07, 6.45) is 6.99. The molecule has 0 aliphatic carbocycles. The van der Waals surface area contributed by atoms with E-state index in [0.717, 1.165) is 12.1 Å². The number of hydrogen-bond donors (Lipinski definition) is 2. The SMILES string of the molecule is O=CNC1=CNC=CC1. The maximum atomic E-state index is 9.87. The molecule has 48 valence electrons. The van der Waals surface area contributed by atoms with Gasteiger partial charge in [-0.05, 0) is 6.20 Å². The Labute approximate surface area is 53.4 Å². The molecule has 1 heterocycles. The number of rotatable bonds is 2. The van der Waals surface area contributed by atoms with E-state index >= 15 is 0 Å². The van der Waals surface area contributed by atoms with Crippen molar-refractivity contribution >= 4 is 6.41 Å². The Hall–Kier alpha value is -1.25. The number of dihydropyridines is 1. The van der Waals surface area contributed by atoms with E-state index < -0.39 is 0 Å². The van der Waals surface area contributed by atoms with Gasteiger partial charge in [-0.25, -0.2) is 0 Å². The molecule has 0 bridgehead atoms. The standard InChI is InChI=1S/C6H8N2O/c9-5-8-6-2-1-3-7-4-6/h1,3-5,7H,2H2,(H,8,9). The Morgan fingerprint density at radius 2 is 2.67 bits per heavy atom. The average molecular weight is 124 g/mol. The molecular weight excluding hydrogens is 116 g/mol. The van der Waals surface area contributed by atoms with Crippen molar-refractivity contribution in [1.82, 2.24) is 10.6 Å². The number of carbonyl (C=O) groups is 1. The van der Waals surface area contributed by atoms with Gasteiger partial charge in [0.15, 0.2) is 0 Å². The van der Waals surface area contributed by atoms with Gasteiger partial charge in [0.25, 0.3) is 0 Å². The molecule has 0 aromatic carbocycles. The highest BCUT2D eigenvalue weighted by molar-refractivity contribution is 5.50. The molecule has 9 heavy (non-hydrogen) atoms. The lowest BCUT2D eigenvalue weighted by Gasteiger charge is -2.05.